The van der Waals surface area contributed by atoms with Crippen LogP contribution in [0.2, 0.25) is 0 Å². The van der Waals surface area contributed by atoms with Gasteiger partial charge in [-0.25, -0.2) is 0 Å². The number of anilines is 1. The monoisotopic (exact) mass is 415 g/mol. The van der Waals surface area contributed by atoms with Gasteiger partial charge in [0, 0.05) is 11.3 Å². The van der Waals surface area contributed by atoms with Gasteiger partial charge in [0.2, 0.25) is 6.79 Å². The molecule has 1 amide bonds. The number of benzene rings is 3. The molecule has 1 saturated heterocycles. The van der Waals surface area contributed by atoms with Gasteiger partial charge in [0.25, 0.3) is 11.7 Å². The van der Waals surface area contributed by atoms with Crippen LogP contribution >= 0.6 is 0 Å². The van der Waals surface area contributed by atoms with E-state index in [-0.39, 0.29) is 23.9 Å². The molecule has 0 bridgehead atoms. The van der Waals surface area contributed by atoms with Crippen molar-refractivity contribution in [1.29, 1.82) is 0 Å². The van der Waals surface area contributed by atoms with Crippen LogP contribution in [0.5, 0.6) is 17.2 Å². The van der Waals surface area contributed by atoms with Crippen LogP contribution < -0.4 is 14.4 Å². The zero-order valence-corrected chi connectivity index (χ0v) is 16.2. The Bertz CT molecular complexity index is 1220. The van der Waals surface area contributed by atoms with Gasteiger partial charge < -0.3 is 19.7 Å². The van der Waals surface area contributed by atoms with Crippen molar-refractivity contribution < 1.29 is 29.3 Å². The number of para-hydroxylation sites is 1. The van der Waals surface area contributed by atoms with Gasteiger partial charge in [-0.15, -0.1) is 0 Å². The van der Waals surface area contributed by atoms with E-state index in [1.807, 2.05) is 6.07 Å². The number of rotatable bonds is 3. The third kappa shape index (κ3) is 3.07. The van der Waals surface area contributed by atoms with Crippen molar-refractivity contribution in [3.8, 4) is 17.2 Å². The second kappa shape index (κ2) is 7.21. The quantitative estimate of drug-likeness (QED) is 0.384. The Balaban J connectivity index is 1.70. The average Bonchev–Trinajstić information content (AvgIpc) is 3.36. The summed E-state index contributed by atoms with van der Waals surface area (Å²) in [4.78, 5) is 27.5. The number of amides is 1. The lowest BCUT2D eigenvalue weighted by Gasteiger charge is -2.25. The molecule has 0 aromatic heterocycles. The van der Waals surface area contributed by atoms with Gasteiger partial charge in [0.05, 0.1) is 11.6 Å². The van der Waals surface area contributed by atoms with Gasteiger partial charge in [0.15, 0.2) is 11.5 Å². The van der Waals surface area contributed by atoms with Crippen LogP contribution in [0.3, 0.4) is 0 Å². The third-order valence-electron chi connectivity index (χ3n) is 5.33. The average molecular weight is 415 g/mol. The van der Waals surface area contributed by atoms with Crippen molar-refractivity contribution in [2.24, 2.45) is 0 Å². The molecule has 2 aliphatic rings. The fraction of sp³-hybridized carbons (Fsp3) is 0.0833. The second-order valence-corrected chi connectivity index (χ2v) is 7.16. The molecule has 2 aliphatic heterocycles. The van der Waals surface area contributed by atoms with E-state index in [0.717, 1.165) is 0 Å². The zero-order valence-electron chi connectivity index (χ0n) is 16.2. The number of carbonyl (C=O) groups is 2. The molecule has 2 heterocycles. The molecule has 7 nitrogen and oxygen atoms in total. The Labute approximate surface area is 177 Å². The fourth-order valence-corrected chi connectivity index (χ4v) is 3.86. The number of ether oxygens (including phenoxy) is 2. The number of aliphatic hydroxyl groups is 1. The molecule has 0 saturated carbocycles. The lowest BCUT2D eigenvalue weighted by molar-refractivity contribution is -0.132. The molecular weight excluding hydrogens is 398 g/mol. The minimum absolute atomic E-state index is 0.0431. The molecule has 3 aromatic carbocycles. The zero-order chi connectivity index (χ0) is 21.5. The van der Waals surface area contributed by atoms with Crippen molar-refractivity contribution in [3.05, 3.63) is 89.5 Å². The number of fused-ring (bicyclic) bond motifs is 1. The Kier molecular flexibility index (Phi) is 4.36. The number of phenols is 1. The Morgan fingerprint density at radius 2 is 1.61 bits per heavy atom. The molecule has 1 atom stereocenters. The van der Waals surface area contributed by atoms with Crippen LogP contribution in [0, 0.1) is 0 Å². The van der Waals surface area contributed by atoms with Gasteiger partial charge in [0.1, 0.15) is 11.5 Å². The van der Waals surface area contributed by atoms with Crippen LogP contribution in [0.25, 0.3) is 5.76 Å². The number of carbonyl (C=O) groups excluding carboxylic acids is 2. The highest BCUT2D eigenvalue weighted by Crippen LogP contribution is 2.43. The van der Waals surface area contributed by atoms with Gasteiger partial charge in [-0.1, -0.05) is 30.3 Å². The van der Waals surface area contributed by atoms with Gasteiger partial charge >= 0.3 is 0 Å². The first-order valence-corrected chi connectivity index (χ1v) is 9.59. The van der Waals surface area contributed by atoms with Gasteiger partial charge in [-0.3, -0.25) is 14.5 Å². The summed E-state index contributed by atoms with van der Waals surface area (Å²) in [6.07, 6.45) is 0. The molecule has 0 radical (unpaired) electrons. The van der Waals surface area contributed by atoms with Crippen molar-refractivity contribution in [3.63, 3.8) is 0 Å². The summed E-state index contributed by atoms with van der Waals surface area (Å²) >= 11 is 0. The first kappa shape index (κ1) is 18.7. The Morgan fingerprint density at radius 1 is 0.903 bits per heavy atom. The predicted molar refractivity (Wildman–Crippen MR) is 112 cm³/mol. The SMILES string of the molecule is O=C1C(=O)N(c2ccccc2)C(c2ccc(O)cc2)/C1=C(/O)c1ccc2c(c1)OCO2. The standard InChI is InChI=1S/C24H17NO6/c26-17-9-6-14(7-10-17)21-20(22(27)15-8-11-18-19(12-15)31-13-30-18)23(28)24(29)25(21)16-4-2-1-3-5-16/h1-12,21,26-27H,13H2/b22-20-. The molecule has 7 heteroatoms. The number of nitrogens with zero attached hydrogens (tertiary/aromatic N) is 1. The summed E-state index contributed by atoms with van der Waals surface area (Å²) in [5.74, 6) is -0.813. The molecule has 2 N–H and O–H groups in total. The third-order valence-corrected chi connectivity index (χ3v) is 5.33. The molecule has 5 rings (SSSR count). The maximum Gasteiger partial charge on any atom is 0.300 e. The van der Waals surface area contributed by atoms with E-state index >= 15 is 0 Å². The highest BCUT2D eigenvalue weighted by Gasteiger charge is 2.47. The number of aliphatic hydroxyl groups excluding tert-OH is 1. The normalized spacial score (nSPS) is 19.1. The molecule has 154 valence electrons. The summed E-state index contributed by atoms with van der Waals surface area (Å²) in [5.41, 5.74) is 1.38. The van der Waals surface area contributed by atoms with Crippen LogP contribution in [0.15, 0.2) is 78.4 Å². The van der Waals surface area contributed by atoms with Crippen LogP contribution in [0.4, 0.5) is 5.69 Å². The van der Waals surface area contributed by atoms with Crippen molar-refractivity contribution in [2.75, 3.05) is 11.7 Å². The number of aromatic hydroxyl groups is 1. The summed E-state index contributed by atoms with van der Waals surface area (Å²) in [5, 5.41) is 20.8. The first-order chi connectivity index (χ1) is 15.0. The number of hydrogen-bond donors (Lipinski definition) is 2. The topological polar surface area (TPSA) is 96.3 Å². The van der Waals surface area contributed by atoms with E-state index in [4.69, 9.17) is 9.47 Å². The van der Waals surface area contributed by atoms with Gasteiger partial charge in [-0.05, 0) is 48.0 Å². The number of phenolic OH excluding ortho intramolecular Hbond substituents is 1. The molecule has 0 spiro atoms. The maximum absolute atomic E-state index is 13.1. The van der Waals surface area contributed by atoms with Crippen LogP contribution in [0.1, 0.15) is 17.2 Å². The van der Waals surface area contributed by atoms with E-state index in [0.29, 0.717) is 28.3 Å². The minimum Gasteiger partial charge on any atom is -0.508 e. The van der Waals surface area contributed by atoms with E-state index in [1.54, 1.807) is 54.6 Å². The van der Waals surface area contributed by atoms with Crippen molar-refractivity contribution >= 4 is 23.1 Å². The van der Waals surface area contributed by atoms with Gasteiger partial charge in [-0.2, -0.15) is 0 Å². The summed E-state index contributed by atoms with van der Waals surface area (Å²) in [6, 6.07) is 18.9. The number of hydrogen-bond acceptors (Lipinski definition) is 6. The number of ketones is 1. The molecular formula is C24H17NO6. The van der Waals surface area contributed by atoms with E-state index in [2.05, 4.69) is 0 Å². The Hall–Kier alpha value is -4.26. The van der Waals surface area contributed by atoms with Crippen molar-refractivity contribution in [1.82, 2.24) is 0 Å². The molecule has 1 unspecified atom stereocenters. The molecule has 3 aromatic rings. The fourth-order valence-electron chi connectivity index (χ4n) is 3.86. The molecule has 0 aliphatic carbocycles. The van der Waals surface area contributed by atoms with E-state index in [1.165, 1.54) is 17.0 Å². The predicted octanol–water partition coefficient (Wildman–Crippen LogP) is 3.75. The minimum atomic E-state index is -0.867. The van der Waals surface area contributed by atoms with E-state index < -0.39 is 17.7 Å². The van der Waals surface area contributed by atoms with Crippen LogP contribution in [-0.4, -0.2) is 28.7 Å². The molecule has 31 heavy (non-hydrogen) atoms. The van der Waals surface area contributed by atoms with Crippen molar-refractivity contribution in [2.45, 2.75) is 6.04 Å². The second-order valence-electron chi connectivity index (χ2n) is 7.16. The largest absolute Gasteiger partial charge is 0.508 e. The summed E-state index contributed by atoms with van der Waals surface area (Å²) in [6.45, 7) is 0.0749. The maximum atomic E-state index is 13.1. The first-order valence-electron chi connectivity index (χ1n) is 9.59. The lowest BCUT2D eigenvalue weighted by Crippen LogP contribution is -2.29. The van der Waals surface area contributed by atoms with E-state index in [9.17, 15) is 19.8 Å². The Morgan fingerprint density at radius 3 is 2.35 bits per heavy atom. The molecule has 1 fully saturated rings. The number of Topliss-reactive ketones (excluding diaryl/α,β-unsaturated/α-hetero) is 1. The smallest absolute Gasteiger partial charge is 0.300 e. The highest BCUT2D eigenvalue weighted by atomic mass is 16.7. The lowest BCUT2D eigenvalue weighted by atomic mass is 9.95. The highest BCUT2D eigenvalue weighted by molar-refractivity contribution is 6.51. The van der Waals surface area contributed by atoms with Crippen LogP contribution in [-0.2, 0) is 9.59 Å². The summed E-state index contributed by atoms with van der Waals surface area (Å²) < 4.78 is 10.7. The summed E-state index contributed by atoms with van der Waals surface area (Å²) in [7, 11) is 0.